The lowest BCUT2D eigenvalue weighted by Gasteiger charge is -2.09. The lowest BCUT2D eigenvalue weighted by Crippen LogP contribution is -2.47. The van der Waals surface area contributed by atoms with Crippen molar-refractivity contribution in [3.8, 4) is 0 Å². The summed E-state index contributed by atoms with van der Waals surface area (Å²) in [4.78, 5) is 59.2. The van der Waals surface area contributed by atoms with Crippen molar-refractivity contribution < 1.29 is 9.59 Å². The number of carbonyl (C=O) groups is 2. The Hall–Kier alpha value is -2.51. The fraction of sp³-hybridized carbons (Fsp3) is 0.222. The molecule has 2 N–H and O–H groups in total. The normalized spacial score (nSPS) is 11.8. The maximum atomic E-state index is 11.5. The quantitative estimate of drug-likeness (QED) is 0.361. The summed E-state index contributed by atoms with van der Waals surface area (Å²) in [6, 6.07) is -1.62. The molecule has 1 aromatic heterocycles. The number of ketones is 1. The van der Waals surface area contributed by atoms with Crippen molar-refractivity contribution in [2.75, 3.05) is 0 Å². The third kappa shape index (κ3) is 2.36. The van der Waals surface area contributed by atoms with Crippen molar-refractivity contribution in [1.82, 2.24) is 14.5 Å². The molecule has 0 aliphatic carbocycles. The molecule has 0 spiro atoms. The monoisotopic (exact) mass is 239 g/mol. The van der Waals surface area contributed by atoms with Gasteiger partial charge in [-0.1, -0.05) is 6.58 Å². The van der Waals surface area contributed by atoms with E-state index in [1.54, 1.807) is 9.97 Å². The molecule has 0 aromatic carbocycles. The fourth-order valence-electron chi connectivity index (χ4n) is 1.18. The van der Waals surface area contributed by atoms with E-state index in [9.17, 15) is 24.0 Å². The van der Waals surface area contributed by atoms with Crippen molar-refractivity contribution in [2.45, 2.75) is 13.0 Å². The van der Waals surface area contributed by atoms with E-state index >= 15 is 0 Å². The van der Waals surface area contributed by atoms with Crippen LogP contribution in [0.15, 0.2) is 26.5 Å². The van der Waals surface area contributed by atoms with Crippen molar-refractivity contribution >= 4 is 12.1 Å². The molecule has 0 saturated carbocycles. The maximum Gasteiger partial charge on any atom is 0.334 e. The number of nitrogens with one attached hydrogen (secondary N) is 2. The highest BCUT2D eigenvalue weighted by Crippen LogP contribution is 2.04. The maximum absolute atomic E-state index is 11.5. The Kier molecular flexibility index (Phi) is 3.37. The van der Waals surface area contributed by atoms with Crippen LogP contribution in [-0.2, 0) is 9.59 Å². The van der Waals surface area contributed by atoms with Crippen LogP contribution in [0.5, 0.6) is 0 Å². The van der Waals surface area contributed by atoms with Gasteiger partial charge in [0.05, 0.1) is 0 Å². The van der Waals surface area contributed by atoms with Crippen LogP contribution in [0.4, 0.5) is 0 Å². The highest BCUT2D eigenvalue weighted by atomic mass is 16.2. The molecule has 17 heavy (non-hydrogen) atoms. The van der Waals surface area contributed by atoms with Gasteiger partial charge in [0.1, 0.15) is 0 Å². The average molecular weight is 239 g/mol. The van der Waals surface area contributed by atoms with Crippen molar-refractivity contribution in [1.29, 1.82) is 0 Å². The number of nitrogens with zero attached hydrogens (tertiary/aromatic N) is 1. The zero-order valence-corrected chi connectivity index (χ0v) is 8.85. The Balaban J connectivity index is 3.52. The van der Waals surface area contributed by atoms with E-state index in [-0.39, 0.29) is 11.9 Å². The Morgan fingerprint density at radius 3 is 2.12 bits per heavy atom. The number of hydrogen-bond donors (Lipinski definition) is 2. The number of H-pyrrole nitrogens is 2. The van der Waals surface area contributed by atoms with Gasteiger partial charge in [-0.2, -0.15) is 0 Å². The number of aromatic amines is 2. The first kappa shape index (κ1) is 12.6. The molecule has 0 aliphatic rings. The zero-order valence-electron chi connectivity index (χ0n) is 8.85. The molecule has 8 heteroatoms. The lowest BCUT2D eigenvalue weighted by atomic mass is 10.1. The second-order valence-corrected chi connectivity index (χ2v) is 3.28. The summed E-state index contributed by atoms with van der Waals surface area (Å²) in [5.74, 6) is -0.778. The number of aldehydes is 1. The topological polar surface area (TPSA) is 122 Å². The molecule has 1 heterocycles. The average Bonchev–Trinajstić information content (AvgIpc) is 2.21. The van der Waals surface area contributed by atoms with Gasteiger partial charge in [-0.25, -0.2) is 19.0 Å². The van der Waals surface area contributed by atoms with E-state index in [1.807, 2.05) is 0 Å². The smallest absolute Gasteiger partial charge is 0.301 e. The highest BCUT2D eigenvalue weighted by molar-refractivity contribution is 6.05. The van der Waals surface area contributed by atoms with Crippen LogP contribution < -0.4 is 17.1 Å². The molecule has 0 bridgehead atoms. The Morgan fingerprint density at radius 2 is 1.76 bits per heavy atom. The first-order valence-electron chi connectivity index (χ1n) is 4.48. The number of carbonyl (C=O) groups excluding carboxylic acids is 2. The van der Waals surface area contributed by atoms with Gasteiger partial charge in [-0.05, 0) is 12.5 Å². The van der Waals surface area contributed by atoms with Gasteiger partial charge in [-0.15, -0.1) is 0 Å². The first-order valence-corrected chi connectivity index (χ1v) is 4.48. The van der Waals surface area contributed by atoms with Crippen LogP contribution in [0, 0.1) is 0 Å². The Labute approximate surface area is 93.6 Å². The van der Waals surface area contributed by atoms with Gasteiger partial charge in [0.25, 0.3) is 0 Å². The number of allylic oxidation sites excluding steroid dienone is 1. The summed E-state index contributed by atoms with van der Waals surface area (Å²) in [7, 11) is 0. The predicted octanol–water partition coefficient (Wildman–Crippen LogP) is -1.89. The first-order chi connectivity index (χ1) is 7.88. The minimum Gasteiger partial charge on any atom is -0.301 e. The minimum atomic E-state index is -1.62. The highest BCUT2D eigenvalue weighted by Gasteiger charge is 2.23. The Morgan fingerprint density at radius 1 is 1.29 bits per heavy atom. The van der Waals surface area contributed by atoms with E-state index in [2.05, 4.69) is 6.58 Å². The van der Waals surface area contributed by atoms with Crippen molar-refractivity contribution in [3.05, 3.63) is 43.6 Å². The van der Waals surface area contributed by atoms with E-state index in [4.69, 9.17) is 0 Å². The zero-order chi connectivity index (χ0) is 13.2. The molecular formula is C9H9N3O5. The minimum absolute atomic E-state index is 0.0135. The van der Waals surface area contributed by atoms with E-state index in [0.29, 0.717) is 4.57 Å². The number of aromatic nitrogens is 3. The van der Waals surface area contributed by atoms with Crippen LogP contribution in [0.2, 0.25) is 0 Å². The van der Waals surface area contributed by atoms with Crippen LogP contribution in [-0.4, -0.2) is 26.6 Å². The summed E-state index contributed by atoms with van der Waals surface area (Å²) in [6.45, 7) is 4.66. The summed E-state index contributed by atoms with van der Waals surface area (Å²) in [6.07, 6.45) is 0.131. The second kappa shape index (κ2) is 4.56. The standard InChI is InChI=1S/C9H9N3O5/c1-4(2)6(14)5(3-13)12-8(16)10-7(15)11-9(12)17/h3,5H,1H2,2H3,(H2,10,11,15,16,17). The molecule has 1 rings (SSSR count). The summed E-state index contributed by atoms with van der Waals surface area (Å²) in [5, 5.41) is 0. The number of hydrogen-bond acceptors (Lipinski definition) is 5. The molecular weight excluding hydrogens is 230 g/mol. The molecule has 0 fully saturated rings. The molecule has 1 atom stereocenters. The molecule has 0 amide bonds. The van der Waals surface area contributed by atoms with Gasteiger partial charge in [0, 0.05) is 0 Å². The van der Waals surface area contributed by atoms with Crippen molar-refractivity contribution in [2.24, 2.45) is 0 Å². The van der Waals surface area contributed by atoms with Crippen LogP contribution in [0.25, 0.3) is 0 Å². The molecule has 1 aromatic rings. The summed E-state index contributed by atoms with van der Waals surface area (Å²) >= 11 is 0. The largest absolute Gasteiger partial charge is 0.334 e. The lowest BCUT2D eigenvalue weighted by molar-refractivity contribution is -0.124. The number of rotatable bonds is 4. The summed E-state index contributed by atoms with van der Waals surface area (Å²) < 4.78 is 0.325. The second-order valence-electron chi connectivity index (χ2n) is 3.28. The van der Waals surface area contributed by atoms with Gasteiger partial charge in [-0.3, -0.25) is 14.8 Å². The molecule has 1 unspecified atom stereocenters. The summed E-state index contributed by atoms with van der Waals surface area (Å²) in [5.41, 5.74) is -3.26. The van der Waals surface area contributed by atoms with Crippen LogP contribution in [0.3, 0.4) is 0 Å². The van der Waals surface area contributed by atoms with E-state index < -0.39 is 28.9 Å². The van der Waals surface area contributed by atoms with Gasteiger partial charge in [0.15, 0.2) is 18.1 Å². The van der Waals surface area contributed by atoms with Crippen LogP contribution in [0.1, 0.15) is 13.0 Å². The van der Waals surface area contributed by atoms with E-state index in [0.717, 1.165) is 0 Å². The van der Waals surface area contributed by atoms with Gasteiger partial charge < -0.3 is 4.79 Å². The molecule has 0 aliphatic heterocycles. The molecule has 90 valence electrons. The predicted molar refractivity (Wildman–Crippen MR) is 56.9 cm³/mol. The third-order valence-electron chi connectivity index (χ3n) is 1.97. The molecule has 0 radical (unpaired) electrons. The molecule has 0 saturated heterocycles. The third-order valence-corrected chi connectivity index (χ3v) is 1.97. The molecule has 8 nitrogen and oxygen atoms in total. The van der Waals surface area contributed by atoms with Crippen LogP contribution >= 0.6 is 0 Å². The van der Waals surface area contributed by atoms with Gasteiger partial charge in [0.2, 0.25) is 0 Å². The van der Waals surface area contributed by atoms with E-state index in [1.165, 1.54) is 6.92 Å². The van der Waals surface area contributed by atoms with Gasteiger partial charge >= 0.3 is 17.1 Å². The fourth-order valence-corrected chi connectivity index (χ4v) is 1.18. The Bertz CT molecular complexity index is 613. The number of Topliss-reactive ketones (excluding diaryl/α,β-unsaturated/α-hetero) is 1. The van der Waals surface area contributed by atoms with Crippen molar-refractivity contribution in [3.63, 3.8) is 0 Å². The SMILES string of the molecule is C=C(C)C(=O)C(C=O)n1c(=O)[nH]c(=O)[nH]c1=O.